The van der Waals surface area contributed by atoms with Crippen LogP contribution < -0.4 is 10.7 Å². The summed E-state index contributed by atoms with van der Waals surface area (Å²) in [5, 5.41) is 18.4. The monoisotopic (exact) mass is 361 g/mol. The third-order valence-corrected chi connectivity index (χ3v) is 3.97. The highest BCUT2D eigenvalue weighted by Crippen LogP contribution is 2.25. The number of carbonyl (C=O) groups is 2. The van der Waals surface area contributed by atoms with Crippen LogP contribution in [0.25, 0.3) is 10.8 Å². The van der Waals surface area contributed by atoms with Crippen LogP contribution in [-0.2, 0) is 9.59 Å². The molecule has 0 saturated heterocycles. The molecule has 2 amide bonds. The molecule has 3 N–H and O–H groups in total. The van der Waals surface area contributed by atoms with Crippen molar-refractivity contribution in [2.24, 2.45) is 5.10 Å². The minimum atomic E-state index is -0.380. The molecule has 0 spiro atoms. The first kappa shape index (κ1) is 18.1. The van der Waals surface area contributed by atoms with Crippen molar-refractivity contribution in [3.8, 4) is 5.75 Å². The summed E-state index contributed by atoms with van der Waals surface area (Å²) in [4.78, 5) is 23.7. The first-order valence-electron chi connectivity index (χ1n) is 8.51. The van der Waals surface area contributed by atoms with Crippen LogP contribution >= 0.6 is 0 Å². The second-order valence-electron chi connectivity index (χ2n) is 5.93. The number of carbonyl (C=O) groups excluding carboxylic acids is 2. The van der Waals surface area contributed by atoms with Gasteiger partial charge in [0.2, 0.25) is 11.8 Å². The molecule has 3 aromatic rings. The standard InChI is InChI=1S/C21H19N3O3/c25-19-11-10-15-6-4-5-9-17(15)18(19)14-22-24-21(27)13-12-20(26)23-16-7-2-1-3-8-16/h1-11,14,25H,12-13H2,(H,23,26)(H,24,27)/b22-14-. The van der Waals surface area contributed by atoms with E-state index in [1.807, 2.05) is 48.5 Å². The number of amides is 2. The second kappa shape index (κ2) is 8.62. The Morgan fingerprint density at radius 3 is 2.41 bits per heavy atom. The van der Waals surface area contributed by atoms with Gasteiger partial charge in [0.1, 0.15) is 5.75 Å². The summed E-state index contributed by atoms with van der Waals surface area (Å²) in [5.74, 6) is -0.546. The molecule has 0 aromatic heterocycles. The molecule has 0 bridgehead atoms. The minimum Gasteiger partial charge on any atom is -0.507 e. The summed E-state index contributed by atoms with van der Waals surface area (Å²) in [6.07, 6.45) is 1.47. The van der Waals surface area contributed by atoms with Crippen molar-refractivity contribution >= 4 is 34.5 Å². The van der Waals surface area contributed by atoms with Crippen LogP contribution in [0.15, 0.2) is 71.8 Å². The Labute approximate surface area is 156 Å². The highest BCUT2D eigenvalue weighted by molar-refractivity contribution is 6.02. The van der Waals surface area contributed by atoms with E-state index in [9.17, 15) is 14.7 Å². The molecule has 3 aromatic carbocycles. The fourth-order valence-corrected chi connectivity index (χ4v) is 2.62. The minimum absolute atomic E-state index is 0.0114. The van der Waals surface area contributed by atoms with Crippen molar-refractivity contribution in [3.63, 3.8) is 0 Å². The number of nitrogens with zero attached hydrogens (tertiary/aromatic N) is 1. The Kier molecular flexibility index (Phi) is 5.79. The van der Waals surface area contributed by atoms with Gasteiger partial charge in [-0.1, -0.05) is 48.5 Å². The Balaban J connectivity index is 1.53. The summed E-state index contributed by atoms with van der Waals surface area (Å²) in [6.45, 7) is 0. The number of hydrogen-bond acceptors (Lipinski definition) is 4. The molecule has 136 valence electrons. The molecule has 0 unspecified atom stereocenters. The molecule has 27 heavy (non-hydrogen) atoms. The molecule has 6 nitrogen and oxygen atoms in total. The largest absolute Gasteiger partial charge is 0.507 e. The number of benzene rings is 3. The smallest absolute Gasteiger partial charge is 0.240 e. The molecule has 0 fully saturated rings. The highest BCUT2D eigenvalue weighted by atomic mass is 16.3. The maximum Gasteiger partial charge on any atom is 0.240 e. The number of aromatic hydroxyl groups is 1. The van der Waals surface area contributed by atoms with Gasteiger partial charge in [0, 0.05) is 24.1 Å². The van der Waals surface area contributed by atoms with E-state index in [-0.39, 0.29) is 30.4 Å². The number of rotatable bonds is 6. The third-order valence-electron chi connectivity index (χ3n) is 3.97. The second-order valence-corrected chi connectivity index (χ2v) is 5.93. The molecule has 0 aliphatic rings. The zero-order valence-electron chi connectivity index (χ0n) is 14.6. The van der Waals surface area contributed by atoms with E-state index in [0.717, 1.165) is 10.8 Å². The maximum absolute atomic E-state index is 11.9. The van der Waals surface area contributed by atoms with Crippen LogP contribution in [0.5, 0.6) is 5.75 Å². The Morgan fingerprint density at radius 2 is 1.59 bits per heavy atom. The lowest BCUT2D eigenvalue weighted by Crippen LogP contribution is -2.20. The van der Waals surface area contributed by atoms with E-state index >= 15 is 0 Å². The number of para-hydroxylation sites is 1. The summed E-state index contributed by atoms with van der Waals surface area (Å²) < 4.78 is 0. The van der Waals surface area contributed by atoms with Gasteiger partial charge in [-0.15, -0.1) is 0 Å². The number of phenolic OH excluding ortho intramolecular Hbond substituents is 1. The lowest BCUT2D eigenvalue weighted by Gasteiger charge is -2.05. The van der Waals surface area contributed by atoms with E-state index in [1.165, 1.54) is 6.21 Å². The Hall–Kier alpha value is -3.67. The van der Waals surface area contributed by atoms with E-state index in [1.54, 1.807) is 18.2 Å². The van der Waals surface area contributed by atoms with Gasteiger partial charge in [-0.05, 0) is 29.0 Å². The van der Waals surface area contributed by atoms with Crippen LogP contribution in [0.3, 0.4) is 0 Å². The number of hydrogen-bond donors (Lipinski definition) is 3. The average molecular weight is 361 g/mol. The summed E-state index contributed by atoms with van der Waals surface area (Å²) in [7, 11) is 0. The molecule has 0 radical (unpaired) electrons. The number of phenols is 1. The van der Waals surface area contributed by atoms with Crippen molar-refractivity contribution in [1.29, 1.82) is 0 Å². The molecular weight excluding hydrogens is 342 g/mol. The number of nitrogens with one attached hydrogen (secondary N) is 2. The molecule has 0 aliphatic heterocycles. The van der Waals surface area contributed by atoms with Crippen LogP contribution in [0.1, 0.15) is 18.4 Å². The predicted molar refractivity (Wildman–Crippen MR) is 106 cm³/mol. The summed E-state index contributed by atoms with van der Waals surface area (Å²) >= 11 is 0. The van der Waals surface area contributed by atoms with Crippen LogP contribution in [0.4, 0.5) is 5.69 Å². The summed E-state index contributed by atoms with van der Waals surface area (Å²) in [5.41, 5.74) is 3.59. The summed E-state index contributed by atoms with van der Waals surface area (Å²) in [6, 6.07) is 20.0. The van der Waals surface area contributed by atoms with Gasteiger partial charge in [-0.3, -0.25) is 9.59 Å². The number of hydrazone groups is 1. The molecule has 0 heterocycles. The van der Waals surface area contributed by atoms with Crippen LogP contribution in [0, 0.1) is 0 Å². The lowest BCUT2D eigenvalue weighted by molar-refractivity contribution is -0.124. The van der Waals surface area contributed by atoms with Gasteiger partial charge in [0.25, 0.3) is 0 Å². The third kappa shape index (κ3) is 4.92. The van der Waals surface area contributed by atoms with E-state index in [0.29, 0.717) is 11.3 Å². The highest BCUT2D eigenvalue weighted by Gasteiger charge is 2.07. The van der Waals surface area contributed by atoms with Crippen molar-refractivity contribution < 1.29 is 14.7 Å². The molecule has 0 saturated carbocycles. The van der Waals surface area contributed by atoms with Gasteiger partial charge in [-0.2, -0.15) is 5.10 Å². The quantitative estimate of drug-likeness (QED) is 0.464. The van der Waals surface area contributed by atoms with E-state index in [2.05, 4.69) is 15.8 Å². The van der Waals surface area contributed by atoms with Gasteiger partial charge < -0.3 is 10.4 Å². The van der Waals surface area contributed by atoms with E-state index in [4.69, 9.17) is 0 Å². The molecule has 6 heteroatoms. The van der Waals surface area contributed by atoms with Crippen molar-refractivity contribution in [2.75, 3.05) is 5.32 Å². The van der Waals surface area contributed by atoms with Crippen molar-refractivity contribution in [3.05, 3.63) is 72.3 Å². The van der Waals surface area contributed by atoms with Crippen molar-refractivity contribution in [2.45, 2.75) is 12.8 Å². The Bertz CT molecular complexity index is 984. The lowest BCUT2D eigenvalue weighted by atomic mass is 10.0. The normalized spacial score (nSPS) is 10.8. The molecular formula is C21H19N3O3. The van der Waals surface area contributed by atoms with E-state index < -0.39 is 0 Å². The van der Waals surface area contributed by atoms with Gasteiger partial charge in [0.05, 0.1) is 6.21 Å². The van der Waals surface area contributed by atoms with Crippen LogP contribution in [0.2, 0.25) is 0 Å². The number of fused-ring (bicyclic) bond motifs is 1. The predicted octanol–water partition coefficient (Wildman–Crippen LogP) is 3.41. The van der Waals surface area contributed by atoms with Gasteiger partial charge in [-0.25, -0.2) is 5.43 Å². The van der Waals surface area contributed by atoms with Gasteiger partial charge >= 0.3 is 0 Å². The molecule has 0 atom stereocenters. The fourth-order valence-electron chi connectivity index (χ4n) is 2.62. The number of anilines is 1. The zero-order chi connectivity index (χ0) is 19.1. The molecule has 3 rings (SSSR count). The SMILES string of the molecule is O=C(CCC(=O)Nc1ccccc1)N/N=C\c1c(O)ccc2ccccc12. The molecule has 0 aliphatic carbocycles. The van der Waals surface area contributed by atoms with Crippen molar-refractivity contribution in [1.82, 2.24) is 5.43 Å². The van der Waals surface area contributed by atoms with Gasteiger partial charge in [0.15, 0.2) is 0 Å². The topological polar surface area (TPSA) is 90.8 Å². The first-order chi connectivity index (χ1) is 13.1. The zero-order valence-corrected chi connectivity index (χ0v) is 14.6. The maximum atomic E-state index is 11.9. The van der Waals surface area contributed by atoms with Crippen LogP contribution in [-0.4, -0.2) is 23.1 Å². The fraction of sp³-hybridized carbons (Fsp3) is 0.0952. The average Bonchev–Trinajstić information content (AvgIpc) is 2.69. The first-order valence-corrected chi connectivity index (χ1v) is 8.51. The Morgan fingerprint density at radius 1 is 0.889 bits per heavy atom.